The van der Waals surface area contributed by atoms with Gasteiger partial charge in [-0.1, -0.05) is 6.07 Å². The zero-order valence-electron chi connectivity index (χ0n) is 14.8. The van der Waals surface area contributed by atoms with Crippen molar-refractivity contribution in [2.24, 2.45) is 5.90 Å². The molecule has 0 atom stereocenters. The van der Waals surface area contributed by atoms with E-state index in [1.165, 1.54) is 12.3 Å². The Morgan fingerprint density at radius 2 is 1.82 bits per heavy atom. The number of carbonyl (C=O) groups is 1. The first-order valence-corrected chi connectivity index (χ1v) is 8.07. The number of pyridine rings is 2. The van der Waals surface area contributed by atoms with Crippen LogP contribution in [0.2, 0.25) is 0 Å². The Balaban J connectivity index is 0.00000109. The van der Waals surface area contributed by atoms with Gasteiger partial charge in [-0.2, -0.15) is 0 Å². The molecule has 4 rings (SSSR count). The molecule has 142 valence electrons. The summed E-state index contributed by atoms with van der Waals surface area (Å²) in [4.78, 5) is 28.7. The van der Waals surface area contributed by atoms with Crippen LogP contribution in [0.4, 0.5) is 5.95 Å². The maximum atomic E-state index is 11.4. The molecule has 0 aliphatic carbocycles. The first-order chi connectivity index (χ1) is 13.5. The maximum Gasteiger partial charge on any atom is 0.337 e. The van der Waals surface area contributed by atoms with Crippen molar-refractivity contribution in [3.63, 3.8) is 0 Å². The Morgan fingerprint density at radius 3 is 2.50 bits per heavy atom. The van der Waals surface area contributed by atoms with Crippen LogP contribution >= 0.6 is 0 Å². The Bertz CT molecular complexity index is 1160. The van der Waals surface area contributed by atoms with E-state index in [0.717, 1.165) is 5.69 Å². The normalized spacial score (nSPS) is 10.4. The van der Waals surface area contributed by atoms with E-state index >= 15 is 0 Å². The van der Waals surface area contributed by atoms with E-state index in [-0.39, 0.29) is 11.5 Å². The minimum Gasteiger partial charge on any atom is -0.478 e. The number of nitrogens with zero attached hydrogens (tertiary/aromatic N) is 5. The van der Waals surface area contributed by atoms with Gasteiger partial charge in [-0.15, -0.1) is 0 Å². The van der Waals surface area contributed by atoms with Crippen LogP contribution in [0.25, 0.3) is 28.4 Å². The summed E-state index contributed by atoms with van der Waals surface area (Å²) in [6, 6.07) is 10.5. The highest BCUT2D eigenvalue weighted by molar-refractivity contribution is 5.88. The number of nitrogens with two attached hydrogens (primary N) is 2. The van der Waals surface area contributed by atoms with Crippen LogP contribution in [0.15, 0.2) is 48.8 Å². The number of aromatic carboxylic acids is 1. The highest BCUT2D eigenvalue weighted by Gasteiger charge is 2.19. The Kier molecular flexibility index (Phi) is 5.25. The lowest BCUT2D eigenvalue weighted by Gasteiger charge is -2.06. The van der Waals surface area contributed by atoms with E-state index < -0.39 is 5.97 Å². The Morgan fingerprint density at radius 1 is 1.04 bits per heavy atom. The maximum absolute atomic E-state index is 11.4. The van der Waals surface area contributed by atoms with Crippen LogP contribution in [0.1, 0.15) is 16.1 Å². The van der Waals surface area contributed by atoms with Gasteiger partial charge >= 0.3 is 5.97 Å². The van der Waals surface area contributed by atoms with Crippen molar-refractivity contribution in [3.05, 3.63) is 60.0 Å². The SMILES string of the molecule is Cc1cccc(-c2nc3ccc(C(=O)O)cn3c2-c2ccnc(N)n2)n1.NO. The molecule has 0 aliphatic heterocycles. The molecule has 0 aromatic carbocycles. The third-order valence-electron chi connectivity index (χ3n) is 3.91. The lowest BCUT2D eigenvalue weighted by Crippen LogP contribution is -2.01. The molecule has 0 bridgehead atoms. The largest absolute Gasteiger partial charge is 0.478 e. The van der Waals surface area contributed by atoms with Crippen molar-refractivity contribution >= 4 is 17.6 Å². The molecule has 10 nitrogen and oxygen atoms in total. The molecule has 0 saturated heterocycles. The van der Waals surface area contributed by atoms with E-state index in [9.17, 15) is 9.90 Å². The summed E-state index contributed by atoms with van der Waals surface area (Å²) in [5, 5.41) is 15.8. The van der Waals surface area contributed by atoms with Gasteiger partial charge < -0.3 is 16.0 Å². The fraction of sp³-hybridized carbons (Fsp3) is 0.0556. The Hall–Kier alpha value is -3.89. The van der Waals surface area contributed by atoms with E-state index in [1.807, 2.05) is 25.1 Å². The van der Waals surface area contributed by atoms with E-state index in [2.05, 4.69) is 25.8 Å². The summed E-state index contributed by atoms with van der Waals surface area (Å²) in [6.45, 7) is 1.89. The minimum absolute atomic E-state index is 0.120. The number of anilines is 1. The van der Waals surface area contributed by atoms with Crippen molar-refractivity contribution in [1.82, 2.24) is 24.3 Å². The predicted molar refractivity (Wildman–Crippen MR) is 102 cm³/mol. The molecule has 4 heterocycles. The molecule has 0 saturated carbocycles. The van der Waals surface area contributed by atoms with Gasteiger partial charge in [0, 0.05) is 18.1 Å². The summed E-state index contributed by atoms with van der Waals surface area (Å²) in [5.41, 5.74) is 9.71. The van der Waals surface area contributed by atoms with Crippen LogP contribution in [0.5, 0.6) is 0 Å². The number of aryl methyl sites for hydroxylation is 1. The molecule has 0 aliphatic rings. The molecule has 10 heteroatoms. The number of rotatable bonds is 3. The number of carboxylic acids is 1. The molecular formula is C18H17N7O3. The molecule has 4 aromatic heterocycles. The quantitative estimate of drug-likeness (QED) is 0.388. The van der Waals surface area contributed by atoms with Gasteiger partial charge in [0.1, 0.15) is 17.0 Å². The van der Waals surface area contributed by atoms with E-state index in [4.69, 9.17) is 10.9 Å². The molecule has 0 radical (unpaired) electrons. The van der Waals surface area contributed by atoms with Crippen LogP contribution in [-0.2, 0) is 0 Å². The summed E-state index contributed by atoms with van der Waals surface area (Å²) < 4.78 is 1.69. The van der Waals surface area contributed by atoms with E-state index in [0.29, 0.717) is 28.4 Å². The first-order valence-electron chi connectivity index (χ1n) is 8.07. The molecule has 0 amide bonds. The van der Waals surface area contributed by atoms with Crippen molar-refractivity contribution in [2.45, 2.75) is 6.92 Å². The number of nitrogen functional groups attached to an aromatic ring is 1. The topological polar surface area (TPSA) is 166 Å². The molecule has 4 aromatic rings. The number of aromatic nitrogens is 5. The third-order valence-corrected chi connectivity index (χ3v) is 3.91. The smallest absolute Gasteiger partial charge is 0.337 e. The molecular weight excluding hydrogens is 362 g/mol. The summed E-state index contributed by atoms with van der Waals surface area (Å²) >= 11 is 0. The lowest BCUT2D eigenvalue weighted by molar-refractivity contribution is 0.0696. The zero-order valence-corrected chi connectivity index (χ0v) is 14.8. The highest BCUT2D eigenvalue weighted by atomic mass is 16.4. The molecule has 0 spiro atoms. The molecule has 0 unspecified atom stereocenters. The first kappa shape index (κ1) is 18.9. The second-order valence-electron chi connectivity index (χ2n) is 5.72. The Labute approximate surface area is 159 Å². The van der Waals surface area contributed by atoms with Crippen LogP contribution in [-0.4, -0.2) is 40.6 Å². The van der Waals surface area contributed by atoms with Gasteiger partial charge in [-0.3, -0.25) is 9.38 Å². The third kappa shape index (κ3) is 3.49. The van der Waals surface area contributed by atoms with Crippen LogP contribution < -0.4 is 11.6 Å². The number of fused-ring (bicyclic) bond motifs is 1. The molecule has 28 heavy (non-hydrogen) atoms. The second-order valence-corrected chi connectivity index (χ2v) is 5.72. The second kappa shape index (κ2) is 7.78. The zero-order chi connectivity index (χ0) is 20.3. The van der Waals surface area contributed by atoms with Gasteiger partial charge in [0.25, 0.3) is 0 Å². The predicted octanol–water partition coefficient (Wildman–Crippen LogP) is 1.78. The van der Waals surface area contributed by atoms with Crippen LogP contribution in [0.3, 0.4) is 0 Å². The number of hydrogen-bond donors (Lipinski definition) is 4. The van der Waals surface area contributed by atoms with Gasteiger partial charge in [-0.25, -0.2) is 25.6 Å². The molecule has 6 N–H and O–H groups in total. The van der Waals surface area contributed by atoms with Crippen molar-refractivity contribution in [3.8, 4) is 22.8 Å². The standard InChI is InChI=1S/C18H14N6O2.H3NO/c1-10-3-2-4-12(21-10)15-16(13-7-8-20-18(19)22-13)24-9-11(17(25)26)5-6-14(24)23-15;1-2/h2-9H,1H3,(H,25,26)(H2,19,20,22);2H,1H2. The summed E-state index contributed by atoms with van der Waals surface area (Å²) in [7, 11) is 0. The fourth-order valence-electron chi connectivity index (χ4n) is 2.78. The van der Waals surface area contributed by atoms with Gasteiger partial charge in [0.15, 0.2) is 0 Å². The van der Waals surface area contributed by atoms with Gasteiger partial charge in [0.05, 0.1) is 17.0 Å². The average Bonchev–Trinajstić information content (AvgIpc) is 3.08. The van der Waals surface area contributed by atoms with E-state index in [1.54, 1.807) is 22.7 Å². The van der Waals surface area contributed by atoms with Crippen molar-refractivity contribution in [1.29, 1.82) is 0 Å². The number of carboxylic acid groups (broad SMARTS) is 1. The molecule has 0 fully saturated rings. The van der Waals surface area contributed by atoms with Crippen molar-refractivity contribution < 1.29 is 15.1 Å². The average molecular weight is 379 g/mol. The summed E-state index contributed by atoms with van der Waals surface area (Å²) in [5.74, 6) is 2.60. The van der Waals surface area contributed by atoms with Gasteiger partial charge in [-0.05, 0) is 37.3 Å². The lowest BCUT2D eigenvalue weighted by atomic mass is 10.1. The monoisotopic (exact) mass is 379 g/mol. The number of hydrogen-bond acceptors (Lipinski definition) is 8. The van der Waals surface area contributed by atoms with Crippen LogP contribution in [0, 0.1) is 6.92 Å². The van der Waals surface area contributed by atoms with Gasteiger partial charge in [0.2, 0.25) is 5.95 Å². The van der Waals surface area contributed by atoms with Crippen molar-refractivity contribution in [2.75, 3.05) is 5.73 Å². The highest BCUT2D eigenvalue weighted by Crippen LogP contribution is 2.31. The number of imidazole rings is 1. The fourth-order valence-corrected chi connectivity index (χ4v) is 2.78. The summed E-state index contributed by atoms with van der Waals surface area (Å²) in [6.07, 6.45) is 3.06. The minimum atomic E-state index is -1.02.